The Labute approximate surface area is 111 Å². The highest BCUT2D eigenvalue weighted by molar-refractivity contribution is 4.69. The fourth-order valence-corrected chi connectivity index (χ4v) is 2.22. The SMILES string of the molecule is COCCOCCN1CCCN(CCCN)CC1. The van der Waals surface area contributed by atoms with Gasteiger partial charge in [0.1, 0.15) is 0 Å². The van der Waals surface area contributed by atoms with Crippen molar-refractivity contribution in [1.29, 1.82) is 0 Å². The molecule has 0 aromatic heterocycles. The van der Waals surface area contributed by atoms with E-state index in [0.717, 1.165) is 45.8 Å². The van der Waals surface area contributed by atoms with Crippen LogP contribution >= 0.6 is 0 Å². The maximum absolute atomic E-state index is 5.55. The molecular formula is C13H29N3O2. The van der Waals surface area contributed by atoms with Crippen molar-refractivity contribution >= 4 is 0 Å². The van der Waals surface area contributed by atoms with Crippen molar-refractivity contribution in [2.24, 2.45) is 5.73 Å². The Balaban J connectivity index is 2.05. The Morgan fingerprint density at radius 1 is 0.944 bits per heavy atom. The van der Waals surface area contributed by atoms with Gasteiger partial charge in [0.05, 0.1) is 19.8 Å². The second-order valence-electron chi connectivity index (χ2n) is 4.78. The average Bonchev–Trinajstić information content (AvgIpc) is 2.61. The Morgan fingerprint density at radius 2 is 1.67 bits per heavy atom. The lowest BCUT2D eigenvalue weighted by Gasteiger charge is -2.21. The molecular weight excluding hydrogens is 230 g/mol. The summed E-state index contributed by atoms with van der Waals surface area (Å²) in [6.07, 6.45) is 2.36. The molecule has 0 atom stereocenters. The molecule has 0 unspecified atom stereocenters. The summed E-state index contributed by atoms with van der Waals surface area (Å²) in [5.74, 6) is 0. The fraction of sp³-hybridized carbons (Fsp3) is 1.00. The van der Waals surface area contributed by atoms with E-state index >= 15 is 0 Å². The molecule has 0 amide bonds. The maximum atomic E-state index is 5.55. The lowest BCUT2D eigenvalue weighted by molar-refractivity contribution is 0.0577. The van der Waals surface area contributed by atoms with Crippen LogP contribution in [0.4, 0.5) is 0 Å². The zero-order valence-electron chi connectivity index (χ0n) is 11.8. The van der Waals surface area contributed by atoms with Crippen LogP contribution in [0.3, 0.4) is 0 Å². The van der Waals surface area contributed by atoms with Crippen LogP contribution in [0.1, 0.15) is 12.8 Å². The molecule has 1 aliphatic rings. The van der Waals surface area contributed by atoms with Crippen LogP contribution in [0.15, 0.2) is 0 Å². The Morgan fingerprint density at radius 3 is 2.33 bits per heavy atom. The van der Waals surface area contributed by atoms with E-state index in [0.29, 0.717) is 13.2 Å². The van der Waals surface area contributed by atoms with E-state index in [1.807, 2.05) is 0 Å². The van der Waals surface area contributed by atoms with Gasteiger partial charge in [-0.3, -0.25) is 4.90 Å². The summed E-state index contributed by atoms with van der Waals surface area (Å²) in [6, 6.07) is 0. The first kappa shape index (κ1) is 15.9. The molecule has 1 rings (SSSR count). The zero-order valence-corrected chi connectivity index (χ0v) is 11.8. The molecule has 0 saturated carbocycles. The van der Waals surface area contributed by atoms with Gasteiger partial charge >= 0.3 is 0 Å². The van der Waals surface area contributed by atoms with E-state index in [4.69, 9.17) is 15.2 Å². The first-order chi connectivity index (χ1) is 8.86. The number of rotatable bonds is 9. The largest absolute Gasteiger partial charge is 0.382 e. The van der Waals surface area contributed by atoms with Crippen LogP contribution in [0.2, 0.25) is 0 Å². The molecule has 0 radical (unpaired) electrons. The van der Waals surface area contributed by atoms with Gasteiger partial charge in [0.15, 0.2) is 0 Å². The van der Waals surface area contributed by atoms with E-state index < -0.39 is 0 Å². The van der Waals surface area contributed by atoms with E-state index in [2.05, 4.69) is 9.80 Å². The molecule has 18 heavy (non-hydrogen) atoms. The molecule has 1 fully saturated rings. The molecule has 0 aromatic rings. The minimum absolute atomic E-state index is 0.687. The second kappa shape index (κ2) is 10.7. The molecule has 0 spiro atoms. The lowest BCUT2D eigenvalue weighted by Crippen LogP contribution is -2.33. The summed E-state index contributed by atoms with van der Waals surface area (Å²) >= 11 is 0. The average molecular weight is 259 g/mol. The van der Waals surface area contributed by atoms with Crippen LogP contribution < -0.4 is 5.73 Å². The van der Waals surface area contributed by atoms with Crippen molar-refractivity contribution in [2.45, 2.75) is 12.8 Å². The van der Waals surface area contributed by atoms with Crippen molar-refractivity contribution in [1.82, 2.24) is 9.80 Å². The van der Waals surface area contributed by atoms with E-state index in [9.17, 15) is 0 Å². The quantitative estimate of drug-likeness (QED) is 0.591. The normalized spacial score (nSPS) is 19.0. The molecule has 1 aliphatic heterocycles. The number of hydrogen-bond donors (Lipinski definition) is 1. The van der Waals surface area contributed by atoms with Crippen molar-refractivity contribution in [3.05, 3.63) is 0 Å². The van der Waals surface area contributed by atoms with Gasteiger partial charge < -0.3 is 20.1 Å². The number of nitrogens with zero attached hydrogens (tertiary/aromatic N) is 2. The standard InChI is InChI=1S/C13H29N3O2/c1-17-12-13-18-11-10-16-7-3-6-15(8-9-16)5-2-4-14/h2-14H2,1H3. The number of methoxy groups -OCH3 is 1. The lowest BCUT2D eigenvalue weighted by atomic mass is 10.3. The van der Waals surface area contributed by atoms with Gasteiger partial charge in [-0.05, 0) is 39.0 Å². The van der Waals surface area contributed by atoms with Crippen molar-refractivity contribution in [3.63, 3.8) is 0 Å². The van der Waals surface area contributed by atoms with Crippen LogP contribution in [0.5, 0.6) is 0 Å². The molecule has 0 aliphatic carbocycles. The van der Waals surface area contributed by atoms with Crippen LogP contribution in [-0.4, -0.2) is 82.5 Å². The molecule has 0 aromatic carbocycles. The van der Waals surface area contributed by atoms with Crippen LogP contribution in [-0.2, 0) is 9.47 Å². The molecule has 5 heteroatoms. The smallest absolute Gasteiger partial charge is 0.0700 e. The number of ether oxygens (including phenoxy) is 2. The number of hydrogen-bond acceptors (Lipinski definition) is 5. The van der Waals surface area contributed by atoms with Gasteiger partial charge in [-0.15, -0.1) is 0 Å². The Kier molecular flexibility index (Phi) is 9.42. The molecule has 2 N–H and O–H groups in total. The minimum atomic E-state index is 0.687. The fourth-order valence-electron chi connectivity index (χ4n) is 2.22. The highest BCUT2D eigenvalue weighted by Gasteiger charge is 2.13. The van der Waals surface area contributed by atoms with Crippen molar-refractivity contribution < 1.29 is 9.47 Å². The predicted octanol–water partition coefficient (Wildman–Crippen LogP) is 0.00590. The molecule has 108 valence electrons. The van der Waals surface area contributed by atoms with Crippen LogP contribution in [0, 0.1) is 0 Å². The van der Waals surface area contributed by atoms with E-state index in [-0.39, 0.29) is 0 Å². The van der Waals surface area contributed by atoms with E-state index in [1.54, 1.807) is 7.11 Å². The predicted molar refractivity (Wildman–Crippen MR) is 73.9 cm³/mol. The Bertz CT molecular complexity index is 193. The molecule has 0 bridgehead atoms. The van der Waals surface area contributed by atoms with Gasteiger partial charge in [-0.25, -0.2) is 0 Å². The molecule has 1 saturated heterocycles. The van der Waals surface area contributed by atoms with Gasteiger partial charge in [0, 0.05) is 26.7 Å². The minimum Gasteiger partial charge on any atom is -0.382 e. The third-order valence-electron chi connectivity index (χ3n) is 3.34. The highest BCUT2D eigenvalue weighted by Crippen LogP contribution is 2.03. The third kappa shape index (κ3) is 7.28. The molecule has 1 heterocycles. The van der Waals surface area contributed by atoms with Gasteiger partial charge in [-0.1, -0.05) is 0 Å². The van der Waals surface area contributed by atoms with Gasteiger partial charge in [-0.2, -0.15) is 0 Å². The molecule has 5 nitrogen and oxygen atoms in total. The Hall–Kier alpha value is -0.200. The monoisotopic (exact) mass is 259 g/mol. The first-order valence-corrected chi connectivity index (χ1v) is 7.08. The van der Waals surface area contributed by atoms with Crippen LogP contribution in [0.25, 0.3) is 0 Å². The van der Waals surface area contributed by atoms with E-state index in [1.165, 1.54) is 19.5 Å². The number of nitrogens with two attached hydrogens (primary N) is 1. The summed E-state index contributed by atoms with van der Waals surface area (Å²) in [5, 5.41) is 0. The first-order valence-electron chi connectivity index (χ1n) is 7.08. The summed E-state index contributed by atoms with van der Waals surface area (Å²) in [6.45, 7) is 9.90. The summed E-state index contributed by atoms with van der Waals surface area (Å²) in [5.41, 5.74) is 5.55. The third-order valence-corrected chi connectivity index (χ3v) is 3.34. The summed E-state index contributed by atoms with van der Waals surface area (Å²) in [7, 11) is 1.70. The second-order valence-corrected chi connectivity index (χ2v) is 4.78. The van der Waals surface area contributed by atoms with Crippen molar-refractivity contribution in [3.8, 4) is 0 Å². The van der Waals surface area contributed by atoms with Gasteiger partial charge in [0.25, 0.3) is 0 Å². The topological polar surface area (TPSA) is 51.0 Å². The summed E-state index contributed by atoms with van der Waals surface area (Å²) < 4.78 is 10.5. The van der Waals surface area contributed by atoms with Crippen molar-refractivity contribution in [2.75, 3.05) is 72.7 Å². The maximum Gasteiger partial charge on any atom is 0.0700 e. The zero-order chi connectivity index (χ0) is 13.1. The van der Waals surface area contributed by atoms with Gasteiger partial charge in [0.2, 0.25) is 0 Å². The highest BCUT2D eigenvalue weighted by atomic mass is 16.5. The summed E-state index contributed by atoms with van der Waals surface area (Å²) in [4.78, 5) is 5.02.